The molecule has 1 aliphatic rings. The minimum atomic E-state index is 0.0528. The van der Waals surface area contributed by atoms with Gasteiger partial charge in [0.2, 0.25) is 5.91 Å². The van der Waals surface area contributed by atoms with Crippen LogP contribution in [0.2, 0.25) is 0 Å². The number of nitrogens with one attached hydrogen (secondary N) is 1. The van der Waals surface area contributed by atoms with E-state index in [1.165, 1.54) is 6.42 Å². The summed E-state index contributed by atoms with van der Waals surface area (Å²) in [5.74, 6) is 0.894. The van der Waals surface area contributed by atoms with E-state index in [1.54, 1.807) is 0 Å². The Morgan fingerprint density at radius 1 is 1.44 bits per heavy atom. The Kier molecular flexibility index (Phi) is 6.42. The van der Waals surface area contributed by atoms with Crippen molar-refractivity contribution in [2.45, 2.75) is 32.6 Å². The third-order valence-corrected chi connectivity index (χ3v) is 3.29. The molecule has 0 aromatic carbocycles. The molecule has 0 aromatic heterocycles. The van der Waals surface area contributed by atoms with Crippen molar-refractivity contribution in [3.05, 3.63) is 0 Å². The first-order chi connectivity index (χ1) is 7.77. The van der Waals surface area contributed by atoms with Crippen molar-refractivity contribution in [2.24, 2.45) is 11.8 Å². The van der Waals surface area contributed by atoms with Crippen LogP contribution in [-0.4, -0.2) is 37.4 Å². The number of aliphatic hydroxyl groups excluding tert-OH is 1. The number of aliphatic hydroxyl groups is 1. The van der Waals surface area contributed by atoms with Crippen LogP contribution in [0.4, 0.5) is 0 Å². The maximum atomic E-state index is 11.4. The molecule has 1 saturated carbocycles. The largest absolute Gasteiger partial charge is 0.396 e. The molecule has 2 N–H and O–H groups in total. The molecule has 0 spiro atoms. The van der Waals surface area contributed by atoms with Gasteiger partial charge >= 0.3 is 0 Å². The van der Waals surface area contributed by atoms with E-state index >= 15 is 0 Å². The van der Waals surface area contributed by atoms with Gasteiger partial charge in [0.15, 0.2) is 0 Å². The Morgan fingerprint density at radius 2 is 2.19 bits per heavy atom. The summed E-state index contributed by atoms with van der Waals surface area (Å²) in [5, 5.41) is 12.1. The van der Waals surface area contributed by atoms with Crippen molar-refractivity contribution >= 4 is 5.91 Å². The van der Waals surface area contributed by atoms with E-state index in [2.05, 4.69) is 5.32 Å². The lowest BCUT2D eigenvalue weighted by Crippen LogP contribution is -2.32. The van der Waals surface area contributed by atoms with Gasteiger partial charge in [0, 0.05) is 26.2 Å². The molecule has 16 heavy (non-hydrogen) atoms. The topological polar surface area (TPSA) is 58.6 Å². The molecule has 1 amide bonds. The Labute approximate surface area is 97.4 Å². The summed E-state index contributed by atoms with van der Waals surface area (Å²) in [4.78, 5) is 11.4. The van der Waals surface area contributed by atoms with Gasteiger partial charge in [-0.2, -0.15) is 0 Å². The van der Waals surface area contributed by atoms with Crippen LogP contribution in [0.25, 0.3) is 0 Å². The van der Waals surface area contributed by atoms with Gasteiger partial charge in [0.05, 0.1) is 6.61 Å². The Hall–Kier alpha value is -0.610. The molecule has 0 aliphatic heterocycles. The second-order valence-electron chi connectivity index (χ2n) is 4.38. The maximum Gasteiger partial charge on any atom is 0.222 e. The maximum absolute atomic E-state index is 11.4. The Bertz CT molecular complexity index is 208. The van der Waals surface area contributed by atoms with Crippen LogP contribution >= 0.6 is 0 Å². The fraction of sp³-hybridized carbons (Fsp3) is 0.917. The minimum Gasteiger partial charge on any atom is -0.396 e. The minimum absolute atomic E-state index is 0.0528. The Morgan fingerprint density at radius 3 is 2.88 bits per heavy atom. The molecule has 2 atom stereocenters. The second-order valence-corrected chi connectivity index (χ2v) is 4.38. The zero-order valence-corrected chi connectivity index (χ0v) is 10.1. The van der Waals surface area contributed by atoms with Crippen LogP contribution in [0.3, 0.4) is 0 Å². The summed E-state index contributed by atoms with van der Waals surface area (Å²) < 4.78 is 5.12. The molecule has 1 aliphatic carbocycles. The van der Waals surface area contributed by atoms with E-state index in [0.29, 0.717) is 38.0 Å². The molecule has 0 saturated heterocycles. The first-order valence-corrected chi connectivity index (χ1v) is 6.23. The van der Waals surface area contributed by atoms with Gasteiger partial charge in [0.1, 0.15) is 0 Å². The van der Waals surface area contributed by atoms with Crippen molar-refractivity contribution in [3.8, 4) is 0 Å². The first-order valence-electron chi connectivity index (χ1n) is 6.23. The number of hydrogen-bond donors (Lipinski definition) is 2. The smallest absolute Gasteiger partial charge is 0.222 e. The molecule has 1 fully saturated rings. The molecular formula is C12H23NO3. The molecule has 1 rings (SSSR count). The average molecular weight is 229 g/mol. The highest BCUT2D eigenvalue weighted by Gasteiger charge is 2.26. The zero-order chi connectivity index (χ0) is 11.8. The van der Waals surface area contributed by atoms with Crippen LogP contribution in [-0.2, 0) is 9.53 Å². The first kappa shape index (κ1) is 13.5. The fourth-order valence-electron chi connectivity index (χ4n) is 2.27. The highest BCUT2D eigenvalue weighted by atomic mass is 16.5. The quantitative estimate of drug-likeness (QED) is 0.639. The van der Waals surface area contributed by atoms with Crippen molar-refractivity contribution in [1.29, 1.82) is 0 Å². The van der Waals surface area contributed by atoms with Crippen LogP contribution in [0, 0.1) is 11.8 Å². The van der Waals surface area contributed by atoms with Gasteiger partial charge in [-0.15, -0.1) is 0 Å². The standard InChI is InChI=1S/C12H23NO3/c1-2-16-7-6-12(15)13-8-10-4-3-5-11(10)9-14/h10-11,14H,2-9H2,1H3,(H,13,15). The summed E-state index contributed by atoms with van der Waals surface area (Å²) >= 11 is 0. The summed E-state index contributed by atoms with van der Waals surface area (Å²) in [7, 11) is 0. The fourth-order valence-corrected chi connectivity index (χ4v) is 2.27. The molecule has 0 radical (unpaired) electrons. The van der Waals surface area contributed by atoms with E-state index in [-0.39, 0.29) is 12.5 Å². The Balaban J connectivity index is 2.11. The van der Waals surface area contributed by atoms with E-state index < -0.39 is 0 Å². The lowest BCUT2D eigenvalue weighted by atomic mass is 9.97. The lowest BCUT2D eigenvalue weighted by Gasteiger charge is -2.17. The summed E-state index contributed by atoms with van der Waals surface area (Å²) in [5.41, 5.74) is 0. The predicted molar refractivity (Wildman–Crippen MR) is 62.0 cm³/mol. The lowest BCUT2D eigenvalue weighted by molar-refractivity contribution is -0.122. The zero-order valence-electron chi connectivity index (χ0n) is 10.1. The summed E-state index contributed by atoms with van der Waals surface area (Å²) in [6.45, 7) is 4.02. The summed E-state index contributed by atoms with van der Waals surface area (Å²) in [6, 6.07) is 0. The molecule has 94 valence electrons. The van der Waals surface area contributed by atoms with Gasteiger partial charge < -0.3 is 15.2 Å². The number of amides is 1. The molecule has 4 heteroatoms. The normalized spacial score (nSPS) is 24.6. The average Bonchev–Trinajstić information content (AvgIpc) is 2.74. The van der Waals surface area contributed by atoms with Gasteiger partial charge in [-0.25, -0.2) is 0 Å². The molecule has 0 bridgehead atoms. The van der Waals surface area contributed by atoms with E-state index in [0.717, 1.165) is 12.8 Å². The highest BCUT2D eigenvalue weighted by molar-refractivity contribution is 5.75. The van der Waals surface area contributed by atoms with Crippen LogP contribution in [0.1, 0.15) is 32.6 Å². The summed E-state index contributed by atoms with van der Waals surface area (Å²) in [6.07, 6.45) is 3.82. The highest BCUT2D eigenvalue weighted by Crippen LogP contribution is 2.30. The van der Waals surface area contributed by atoms with Gasteiger partial charge in [-0.05, 0) is 31.6 Å². The van der Waals surface area contributed by atoms with Gasteiger partial charge in [-0.1, -0.05) is 6.42 Å². The number of hydrogen-bond acceptors (Lipinski definition) is 3. The molecule has 2 unspecified atom stereocenters. The van der Waals surface area contributed by atoms with Crippen LogP contribution < -0.4 is 5.32 Å². The van der Waals surface area contributed by atoms with Gasteiger partial charge in [0.25, 0.3) is 0 Å². The second kappa shape index (κ2) is 7.63. The predicted octanol–water partition coefficient (Wildman–Crippen LogP) is 0.938. The molecule has 0 aromatic rings. The van der Waals surface area contributed by atoms with Crippen molar-refractivity contribution in [1.82, 2.24) is 5.32 Å². The van der Waals surface area contributed by atoms with Crippen LogP contribution in [0.5, 0.6) is 0 Å². The SMILES string of the molecule is CCOCCC(=O)NCC1CCCC1CO. The molecular weight excluding hydrogens is 206 g/mol. The van der Waals surface area contributed by atoms with E-state index in [9.17, 15) is 4.79 Å². The number of carbonyl (C=O) groups is 1. The van der Waals surface area contributed by atoms with Gasteiger partial charge in [-0.3, -0.25) is 4.79 Å². The third-order valence-electron chi connectivity index (χ3n) is 3.29. The molecule has 4 nitrogen and oxygen atoms in total. The third kappa shape index (κ3) is 4.49. The number of ether oxygens (including phenoxy) is 1. The van der Waals surface area contributed by atoms with Crippen molar-refractivity contribution in [3.63, 3.8) is 0 Å². The van der Waals surface area contributed by atoms with Crippen molar-refractivity contribution in [2.75, 3.05) is 26.4 Å². The van der Waals surface area contributed by atoms with E-state index in [1.807, 2.05) is 6.92 Å². The van der Waals surface area contributed by atoms with Crippen molar-refractivity contribution < 1.29 is 14.6 Å². The van der Waals surface area contributed by atoms with E-state index in [4.69, 9.17) is 9.84 Å². The van der Waals surface area contributed by atoms with Crippen LogP contribution in [0.15, 0.2) is 0 Å². The number of rotatable bonds is 7. The molecule has 0 heterocycles. The monoisotopic (exact) mass is 229 g/mol. The number of carbonyl (C=O) groups excluding carboxylic acids is 1.